The van der Waals surface area contributed by atoms with Gasteiger partial charge in [0.1, 0.15) is 0 Å². The fourth-order valence-electron chi connectivity index (χ4n) is 3.92. The topological polar surface area (TPSA) is 98.0 Å². The fraction of sp³-hybridized carbons (Fsp3) is 0.857. The summed E-state index contributed by atoms with van der Waals surface area (Å²) >= 11 is 0. The van der Waals surface area contributed by atoms with E-state index in [1.807, 2.05) is 6.08 Å². The van der Waals surface area contributed by atoms with Crippen molar-refractivity contribution in [3.63, 3.8) is 0 Å². The van der Waals surface area contributed by atoms with Gasteiger partial charge < -0.3 is 20.4 Å². The third-order valence-electron chi connectivity index (χ3n) is 5.56. The molecule has 1 unspecified atom stereocenters. The standard InChI is InChI=1S/C21H38O5/c1-3-4-9-13-21(2,26)14-12-17-16(18(22)15-19(17)23)10-7-5-6-8-11-20(24)25/h12,14,16-19,22-23,26H,3-11,13,15H2,1-2H3,(H,24,25)/b14-12+/t16-,17-,18+,19-,21?/m1/s1. The van der Waals surface area contributed by atoms with Gasteiger partial charge >= 0.3 is 5.97 Å². The van der Waals surface area contributed by atoms with Crippen LogP contribution in [0, 0.1) is 11.8 Å². The second-order valence-electron chi connectivity index (χ2n) is 8.13. The van der Waals surface area contributed by atoms with Crippen LogP contribution in [0.3, 0.4) is 0 Å². The molecule has 0 spiro atoms. The van der Waals surface area contributed by atoms with Crippen molar-refractivity contribution in [1.29, 1.82) is 0 Å². The van der Waals surface area contributed by atoms with Gasteiger partial charge in [0, 0.05) is 18.8 Å². The van der Waals surface area contributed by atoms with Gasteiger partial charge in [0.25, 0.3) is 0 Å². The van der Waals surface area contributed by atoms with Gasteiger partial charge in [-0.1, -0.05) is 57.6 Å². The summed E-state index contributed by atoms with van der Waals surface area (Å²) in [5.41, 5.74) is -0.871. The molecule has 1 fully saturated rings. The summed E-state index contributed by atoms with van der Waals surface area (Å²) in [6.45, 7) is 3.93. The molecular weight excluding hydrogens is 332 g/mol. The number of aliphatic carboxylic acids is 1. The van der Waals surface area contributed by atoms with E-state index in [0.717, 1.165) is 44.9 Å². The molecular formula is C21H38O5. The third-order valence-corrected chi connectivity index (χ3v) is 5.56. The maximum atomic E-state index is 10.5. The molecule has 5 nitrogen and oxygen atoms in total. The van der Waals surface area contributed by atoms with Gasteiger partial charge in [-0.2, -0.15) is 0 Å². The average molecular weight is 371 g/mol. The average Bonchev–Trinajstić information content (AvgIpc) is 2.82. The van der Waals surface area contributed by atoms with Crippen LogP contribution in [0.25, 0.3) is 0 Å². The van der Waals surface area contributed by atoms with Gasteiger partial charge in [-0.3, -0.25) is 4.79 Å². The highest BCUT2D eigenvalue weighted by Gasteiger charge is 2.39. The number of unbranched alkanes of at least 4 members (excludes halogenated alkanes) is 5. The second kappa shape index (κ2) is 11.7. The Bertz CT molecular complexity index is 432. The summed E-state index contributed by atoms with van der Waals surface area (Å²) < 4.78 is 0. The van der Waals surface area contributed by atoms with Crippen molar-refractivity contribution >= 4 is 5.97 Å². The van der Waals surface area contributed by atoms with E-state index < -0.39 is 23.8 Å². The quantitative estimate of drug-likeness (QED) is 0.293. The van der Waals surface area contributed by atoms with Crippen LogP contribution in [-0.4, -0.2) is 44.2 Å². The van der Waals surface area contributed by atoms with E-state index >= 15 is 0 Å². The van der Waals surface area contributed by atoms with Crippen LogP contribution in [0.1, 0.15) is 84.5 Å². The molecule has 0 radical (unpaired) electrons. The summed E-state index contributed by atoms with van der Waals surface area (Å²) in [5, 5.41) is 39.7. The number of hydrogen-bond donors (Lipinski definition) is 4. The molecule has 0 bridgehead atoms. The molecule has 0 amide bonds. The van der Waals surface area contributed by atoms with Crippen molar-refractivity contribution in [2.45, 2.75) is 102 Å². The first kappa shape index (κ1) is 23.1. The lowest BCUT2D eigenvalue weighted by molar-refractivity contribution is -0.137. The van der Waals surface area contributed by atoms with E-state index in [2.05, 4.69) is 6.92 Å². The number of carboxylic acid groups (broad SMARTS) is 1. The third kappa shape index (κ3) is 8.65. The van der Waals surface area contributed by atoms with Crippen LogP contribution in [0.2, 0.25) is 0 Å². The van der Waals surface area contributed by atoms with Crippen molar-refractivity contribution in [3.8, 4) is 0 Å². The molecule has 26 heavy (non-hydrogen) atoms. The van der Waals surface area contributed by atoms with Gasteiger partial charge in [0.05, 0.1) is 17.8 Å². The van der Waals surface area contributed by atoms with Crippen LogP contribution in [0.5, 0.6) is 0 Å². The maximum absolute atomic E-state index is 10.5. The van der Waals surface area contributed by atoms with Gasteiger partial charge in [-0.15, -0.1) is 0 Å². The van der Waals surface area contributed by atoms with Crippen LogP contribution in [0.4, 0.5) is 0 Å². The minimum Gasteiger partial charge on any atom is -0.481 e. The number of rotatable bonds is 13. The molecule has 5 atom stereocenters. The van der Waals surface area contributed by atoms with Crippen molar-refractivity contribution in [1.82, 2.24) is 0 Å². The van der Waals surface area contributed by atoms with E-state index in [4.69, 9.17) is 5.11 Å². The van der Waals surface area contributed by atoms with Crippen molar-refractivity contribution < 1.29 is 25.2 Å². The SMILES string of the molecule is CCCCCC(C)(O)/C=C/[C@@H]1[C@@H](CCCCCCC(=O)O)[C@@H](O)C[C@H]1O. The Labute approximate surface area is 158 Å². The zero-order valence-corrected chi connectivity index (χ0v) is 16.4. The molecule has 0 aromatic carbocycles. The molecule has 0 aliphatic heterocycles. The van der Waals surface area contributed by atoms with Gasteiger partial charge in [0.2, 0.25) is 0 Å². The summed E-state index contributed by atoms with van der Waals surface area (Å²) in [7, 11) is 0. The monoisotopic (exact) mass is 370 g/mol. The molecule has 0 aromatic rings. The lowest BCUT2D eigenvalue weighted by Crippen LogP contribution is -2.24. The number of aliphatic hydroxyl groups is 3. The van der Waals surface area contributed by atoms with Gasteiger partial charge in [-0.25, -0.2) is 0 Å². The predicted molar refractivity (Wildman–Crippen MR) is 103 cm³/mol. The largest absolute Gasteiger partial charge is 0.481 e. The Morgan fingerprint density at radius 2 is 1.77 bits per heavy atom. The van der Waals surface area contributed by atoms with Crippen molar-refractivity contribution in [2.24, 2.45) is 11.8 Å². The van der Waals surface area contributed by atoms with Crippen LogP contribution in [-0.2, 0) is 4.79 Å². The first-order valence-corrected chi connectivity index (χ1v) is 10.3. The molecule has 1 aliphatic rings. The Morgan fingerprint density at radius 3 is 2.42 bits per heavy atom. The van der Waals surface area contributed by atoms with E-state index in [9.17, 15) is 20.1 Å². The zero-order chi connectivity index (χ0) is 19.6. The van der Waals surface area contributed by atoms with Crippen LogP contribution in [0.15, 0.2) is 12.2 Å². The summed E-state index contributed by atoms with van der Waals surface area (Å²) in [4.78, 5) is 10.5. The summed E-state index contributed by atoms with van der Waals surface area (Å²) in [6.07, 6.45) is 11.4. The maximum Gasteiger partial charge on any atom is 0.303 e. The Hall–Kier alpha value is -0.910. The normalized spacial score (nSPS) is 28.5. The molecule has 0 aromatic heterocycles. The molecule has 0 saturated heterocycles. The lowest BCUT2D eigenvalue weighted by atomic mass is 9.86. The highest BCUT2D eigenvalue weighted by atomic mass is 16.4. The summed E-state index contributed by atoms with van der Waals surface area (Å²) in [5.74, 6) is -0.871. The first-order valence-electron chi connectivity index (χ1n) is 10.3. The second-order valence-corrected chi connectivity index (χ2v) is 8.13. The number of hydrogen-bond acceptors (Lipinski definition) is 4. The Kier molecular flexibility index (Phi) is 10.4. The molecule has 5 heteroatoms. The van der Waals surface area contributed by atoms with Gasteiger partial charge in [-0.05, 0) is 32.1 Å². The first-order chi connectivity index (χ1) is 12.3. The lowest BCUT2D eigenvalue weighted by Gasteiger charge is -2.23. The summed E-state index contributed by atoms with van der Waals surface area (Å²) in [6, 6.07) is 0. The smallest absolute Gasteiger partial charge is 0.303 e. The number of aliphatic hydroxyl groups excluding tert-OH is 2. The molecule has 1 rings (SSSR count). The van der Waals surface area contributed by atoms with Crippen molar-refractivity contribution in [2.75, 3.05) is 0 Å². The Morgan fingerprint density at radius 1 is 1.08 bits per heavy atom. The minimum atomic E-state index is -0.871. The van der Waals surface area contributed by atoms with E-state index in [0.29, 0.717) is 19.3 Å². The van der Waals surface area contributed by atoms with Gasteiger partial charge in [0.15, 0.2) is 0 Å². The highest BCUT2D eigenvalue weighted by molar-refractivity contribution is 5.66. The highest BCUT2D eigenvalue weighted by Crippen LogP contribution is 2.37. The number of carboxylic acids is 1. The van der Waals surface area contributed by atoms with Crippen LogP contribution >= 0.6 is 0 Å². The van der Waals surface area contributed by atoms with Crippen LogP contribution < -0.4 is 0 Å². The fourth-order valence-corrected chi connectivity index (χ4v) is 3.92. The predicted octanol–water partition coefficient (Wildman–Crippen LogP) is 3.66. The Balaban J connectivity index is 2.47. The minimum absolute atomic E-state index is 0.00663. The van der Waals surface area contributed by atoms with E-state index in [-0.39, 0.29) is 18.3 Å². The van der Waals surface area contributed by atoms with Crippen molar-refractivity contribution in [3.05, 3.63) is 12.2 Å². The molecule has 1 aliphatic carbocycles. The molecule has 4 N–H and O–H groups in total. The van der Waals surface area contributed by atoms with E-state index in [1.165, 1.54) is 0 Å². The number of carbonyl (C=O) groups is 1. The van der Waals surface area contributed by atoms with E-state index in [1.54, 1.807) is 13.0 Å². The molecule has 0 heterocycles. The molecule has 1 saturated carbocycles. The zero-order valence-electron chi connectivity index (χ0n) is 16.4. The molecule has 152 valence electrons.